The van der Waals surface area contributed by atoms with Gasteiger partial charge in [0.05, 0.1) is 19.2 Å². The number of anilines is 2. The Balaban J connectivity index is 1.88. The lowest BCUT2D eigenvalue weighted by Crippen LogP contribution is -2.52. The average molecular weight is 444 g/mol. The van der Waals surface area contributed by atoms with Crippen LogP contribution in [0.1, 0.15) is 17.2 Å². The lowest BCUT2D eigenvalue weighted by molar-refractivity contribution is -0.174. The van der Waals surface area contributed by atoms with Crippen LogP contribution >= 0.6 is 0 Å². The van der Waals surface area contributed by atoms with E-state index in [-0.39, 0.29) is 6.42 Å². The van der Waals surface area contributed by atoms with Crippen LogP contribution in [-0.2, 0) is 11.2 Å². The third-order valence-corrected chi connectivity index (χ3v) is 5.47. The van der Waals surface area contributed by atoms with Gasteiger partial charge in [-0.3, -0.25) is 4.79 Å². The van der Waals surface area contributed by atoms with Gasteiger partial charge in [-0.05, 0) is 60.0 Å². The molecular formula is C24H20F4N2O2. The van der Waals surface area contributed by atoms with Gasteiger partial charge in [-0.2, -0.15) is 13.2 Å². The summed E-state index contributed by atoms with van der Waals surface area (Å²) in [5, 5.41) is 2.14. The Morgan fingerprint density at radius 3 is 2.34 bits per heavy atom. The predicted molar refractivity (Wildman–Crippen MR) is 112 cm³/mol. The number of fused-ring (bicyclic) bond motifs is 1. The van der Waals surface area contributed by atoms with E-state index >= 15 is 0 Å². The molecular weight excluding hydrogens is 424 g/mol. The molecule has 1 amide bonds. The van der Waals surface area contributed by atoms with Crippen molar-refractivity contribution in [2.75, 3.05) is 12.0 Å². The smallest absolute Gasteiger partial charge is 0.471 e. The Labute approximate surface area is 182 Å². The van der Waals surface area contributed by atoms with Crippen molar-refractivity contribution in [3.63, 3.8) is 0 Å². The van der Waals surface area contributed by atoms with Crippen LogP contribution in [0.15, 0.2) is 72.8 Å². The molecule has 1 aliphatic rings. The van der Waals surface area contributed by atoms with Gasteiger partial charge < -0.3 is 15.0 Å². The third kappa shape index (κ3) is 4.26. The van der Waals surface area contributed by atoms with Crippen molar-refractivity contribution in [3.8, 4) is 5.75 Å². The molecule has 4 nitrogen and oxygen atoms in total. The van der Waals surface area contributed by atoms with Crippen LogP contribution in [0, 0.1) is 5.82 Å². The van der Waals surface area contributed by atoms with Crippen molar-refractivity contribution >= 4 is 17.3 Å². The van der Waals surface area contributed by atoms with Crippen LogP contribution in [0.25, 0.3) is 0 Å². The number of alkyl halides is 3. The monoisotopic (exact) mass is 444 g/mol. The largest absolute Gasteiger partial charge is 0.497 e. The van der Waals surface area contributed by atoms with E-state index in [0.717, 1.165) is 0 Å². The average Bonchev–Trinajstić information content (AvgIpc) is 2.78. The number of hydrogen-bond donors (Lipinski definition) is 1. The summed E-state index contributed by atoms with van der Waals surface area (Å²) in [6, 6.07) is 18.6. The molecule has 4 rings (SSSR count). The van der Waals surface area contributed by atoms with E-state index in [1.165, 1.54) is 19.2 Å². The van der Waals surface area contributed by atoms with Crippen molar-refractivity contribution < 1.29 is 27.1 Å². The number of carbonyl (C=O) groups excluding carboxylic acids is 1. The molecule has 0 unspecified atom stereocenters. The zero-order chi connectivity index (χ0) is 22.9. The first-order valence-electron chi connectivity index (χ1n) is 9.92. The minimum atomic E-state index is -5.03. The number of methoxy groups -OCH3 is 1. The van der Waals surface area contributed by atoms with Crippen molar-refractivity contribution in [1.29, 1.82) is 0 Å². The van der Waals surface area contributed by atoms with Crippen molar-refractivity contribution in [2.24, 2.45) is 0 Å². The van der Waals surface area contributed by atoms with Crippen LogP contribution in [0.3, 0.4) is 0 Å². The van der Waals surface area contributed by atoms with Crippen molar-refractivity contribution in [3.05, 3.63) is 89.7 Å². The quantitative estimate of drug-likeness (QED) is 0.554. The molecule has 0 aliphatic carbocycles. The molecule has 0 saturated heterocycles. The SMILES string of the molecule is COc1ccc(N2c3ccc(F)cc3C[C@H](NC(=O)C(F)(F)F)[C@H]2c2ccccc2)cc1. The number of benzene rings is 3. The van der Waals surface area contributed by atoms with E-state index < -0.39 is 30.0 Å². The molecule has 8 heteroatoms. The van der Waals surface area contributed by atoms with E-state index in [2.05, 4.69) is 5.32 Å². The summed E-state index contributed by atoms with van der Waals surface area (Å²) in [6.07, 6.45) is -4.99. The minimum absolute atomic E-state index is 0.0428. The van der Waals surface area contributed by atoms with Gasteiger partial charge in [-0.25, -0.2) is 4.39 Å². The van der Waals surface area contributed by atoms with Crippen molar-refractivity contribution in [2.45, 2.75) is 24.7 Å². The number of carbonyl (C=O) groups is 1. The van der Waals surface area contributed by atoms with Gasteiger partial charge in [-0.15, -0.1) is 0 Å². The third-order valence-electron chi connectivity index (χ3n) is 5.47. The topological polar surface area (TPSA) is 41.6 Å². The second kappa shape index (κ2) is 8.53. The van der Waals surface area contributed by atoms with Crippen LogP contribution < -0.4 is 15.0 Å². The standard InChI is InChI=1S/C24H20F4N2O2/c1-32-19-10-8-18(9-11-19)30-21-12-7-17(25)13-16(21)14-20(29-23(31)24(26,27)28)22(30)15-5-3-2-4-6-15/h2-13,20,22H,14H2,1H3,(H,29,31)/t20-,22+/m0/s1. The predicted octanol–water partition coefficient (Wildman–Crippen LogP) is 5.32. The van der Waals surface area contributed by atoms with Gasteiger partial charge in [0.2, 0.25) is 0 Å². The summed E-state index contributed by atoms with van der Waals surface area (Å²) in [5.41, 5.74) is 2.53. The van der Waals surface area contributed by atoms with Crippen molar-refractivity contribution in [1.82, 2.24) is 5.32 Å². The first-order valence-corrected chi connectivity index (χ1v) is 9.92. The van der Waals surface area contributed by atoms with Gasteiger partial charge in [0.1, 0.15) is 11.6 Å². The van der Waals surface area contributed by atoms with Gasteiger partial charge in [0.25, 0.3) is 0 Å². The molecule has 1 heterocycles. The molecule has 1 N–H and O–H groups in total. The maximum atomic E-state index is 14.0. The summed E-state index contributed by atoms with van der Waals surface area (Å²) in [6.45, 7) is 0. The van der Waals surface area contributed by atoms with E-state index in [1.54, 1.807) is 60.7 Å². The number of rotatable bonds is 4. The Bertz CT molecular complexity index is 1100. The fraction of sp³-hybridized carbons (Fsp3) is 0.208. The molecule has 0 fully saturated rings. The molecule has 0 saturated carbocycles. The fourth-order valence-electron chi connectivity index (χ4n) is 4.09. The summed E-state index contributed by atoms with van der Waals surface area (Å²) >= 11 is 0. The summed E-state index contributed by atoms with van der Waals surface area (Å²) in [4.78, 5) is 13.7. The first-order chi connectivity index (χ1) is 15.3. The highest BCUT2D eigenvalue weighted by Gasteiger charge is 2.44. The minimum Gasteiger partial charge on any atom is -0.497 e. The van der Waals surface area contributed by atoms with Crippen LogP contribution in [-0.4, -0.2) is 25.2 Å². The van der Waals surface area contributed by atoms with E-state index in [0.29, 0.717) is 28.3 Å². The molecule has 1 aliphatic heterocycles. The van der Waals surface area contributed by atoms with Crippen LogP contribution in [0.2, 0.25) is 0 Å². The number of halogens is 4. The lowest BCUT2D eigenvalue weighted by Gasteiger charge is -2.44. The second-order valence-corrected chi connectivity index (χ2v) is 7.48. The highest BCUT2D eigenvalue weighted by molar-refractivity contribution is 5.82. The van der Waals surface area contributed by atoms with Gasteiger partial charge in [0.15, 0.2) is 0 Å². The lowest BCUT2D eigenvalue weighted by atomic mass is 9.86. The zero-order valence-corrected chi connectivity index (χ0v) is 17.1. The Morgan fingerprint density at radius 2 is 1.72 bits per heavy atom. The maximum absolute atomic E-state index is 14.0. The van der Waals surface area contributed by atoms with E-state index in [9.17, 15) is 22.4 Å². The second-order valence-electron chi connectivity index (χ2n) is 7.48. The molecule has 166 valence electrons. The van der Waals surface area contributed by atoms with Gasteiger partial charge >= 0.3 is 12.1 Å². The Kier molecular flexibility index (Phi) is 5.78. The number of nitrogens with one attached hydrogen (secondary N) is 1. The van der Waals surface area contributed by atoms with Gasteiger partial charge in [-0.1, -0.05) is 30.3 Å². The number of ether oxygens (including phenoxy) is 1. The number of amides is 1. The molecule has 0 radical (unpaired) electrons. The highest BCUT2D eigenvalue weighted by atomic mass is 19.4. The Hall–Kier alpha value is -3.55. The molecule has 0 spiro atoms. The highest BCUT2D eigenvalue weighted by Crippen LogP contribution is 2.44. The summed E-state index contributed by atoms with van der Waals surface area (Å²) in [5.74, 6) is -1.92. The van der Waals surface area contributed by atoms with Crippen LogP contribution in [0.5, 0.6) is 5.75 Å². The van der Waals surface area contributed by atoms with E-state index in [4.69, 9.17) is 4.74 Å². The molecule has 3 aromatic rings. The first kappa shape index (κ1) is 21.7. The Morgan fingerprint density at radius 1 is 1.03 bits per heavy atom. The maximum Gasteiger partial charge on any atom is 0.471 e. The molecule has 0 aromatic heterocycles. The van der Waals surface area contributed by atoms with Crippen LogP contribution in [0.4, 0.5) is 28.9 Å². The molecule has 32 heavy (non-hydrogen) atoms. The summed E-state index contributed by atoms with van der Waals surface area (Å²) in [7, 11) is 1.53. The number of hydrogen-bond acceptors (Lipinski definition) is 3. The zero-order valence-electron chi connectivity index (χ0n) is 17.1. The normalized spacial score (nSPS) is 18.1. The van der Waals surface area contributed by atoms with E-state index in [1.807, 2.05) is 4.90 Å². The molecule has 3 aromatic carbocycles. The number of nitrogens with zero attached hydrogens (tertiary/aromatic N) is 1. The molecule has 2 atom stereocenters. The van der Waals surface area contributed by atoms with Gasteiger partial charge in [0, 0.05) is 11.4 Å². The summed E-state index contributed by atoms with van der Waals surface area (Å²) < 4.78 is 58.5. The fourth-order valence-corrected chi connectivity index (χ4v) is 4.09. The molecule has 0 bridgehead atoms.